The van der Waals surface area contributed by atoms with Crippen LogP contribution in [0.25, 0.3) is 0 Å². The van der Waals surface area contributed by atoms with Gasteiger partial charge in [-0.1, -0.05) is 13.8 Å². The van der Waals surface area contributed by atoms with Crippen LogP contribution in [0, 0.1) is 0 Å². The number of methoxy groups -OCH3 is 1. The van der Waals surface area contributed by atoms with Crippen molar-refractivity contribution in [1.29, 1.82) is 0 Å². The van der Waals surface area contributed by atoms with Gasteiger partial charge in [0.1, 0.15) is 0 Å². The first-order valence-electron chi connectivity index (χ1n) is 3.81. The number of nitrogens with zero attached hydrogens (tertiary/aromatic N) is 3. The fourth-order valence-electron chi connectivity index (χ4n) is 0.715. The molecule has 0 atom stereocenters. The predicted octanol–water partition coefficient (Wildman–Crippen LogP) is 0.154. The van der Waals surface area contributed by atoms with Gasteiger partial charge in [-0.3, -0.25) is 0 Å². The van der Waals surface area contributed by atoms with E-state index >= 15 is 0 Å². The van der Waals surface area contributed by atoms with E-state index in [0.717, 1.165) is 0 Å². The zero-order valence-electron chi connectivity index (χ0n) is 8.16. The minimum absolute atomic E-state index is 0.183. The molecule has 0 aromatic carbocycles. The summed E-state index contributed by atoms with van der Waals surface area (Å²) in [5.41, 5.74) is -0.183. The number of aromatic nitrogens is 3. The van der Waals surface area contributed by atoms with Crippen molar-refractivity contribution in [1.82, 2.24) is 14.3 Å². The fraction of sp³-hybridized carbons (Fsp3) is 0.714. The van der Waals surface area contributed by atoms with Crippen molar-refractivity contribution in [2.45, 2.75) is 13.8 Å². The van der Waals surface area contributed by atoms with E-state index in [1.54, 1.807) is 14.1 Å². The van der Waals surface area contributed by atoms with Crippen molar-refractivity contribution in [2.75, 3.05) is 7.11 Å². The Morgan fingerprint density at radius 2 is 1.83 bits per heavy atom. The van der Waals surface area contributed by atoms with Gasteiger partial charge in [-0.2, -0.15) is 0 Å². The molecule has 0 N–H and O–H groups in total. The van der Waals surface area contributed by atoms with Crippen molar-refractivity contribution in [3.05, 3.63) is 10.5 Å². The van der Waals surface area contributed by atoms with Crippen LogP contribution >= 0.6 is 0 Å². The highest BCUT2D eigenvalue weighted by Crippen LogP contribution is 1.96. The van der Waals surface area contributed by atoms with Crippen LogP contribution in [0.4, 0.5) is 0 Å². The summed E-state index contributed by atoms with van der Waals surface area (Å²) in [4.78, 5) is 10.9. The highest BCUT2D eigenvalue weighted by Gasteiger charge is 2.04. The fourth-order valence-corrected chi connectivity index (χ4v) is 0.715. The molecule has 1 aromatic rings. The Morgan fingerprint density at radius 1 is 1.33 bits per heavy atom. The van der Waals surface area contributed by atoms with Gasteiger partial charge in [-0.25, -0.2) is 14.0 Å². The SMILES string of the molecule is CC.COc1nn(C)c(=O)n1C. The molecule has 1 rings (SSSR count). The lowest BCUT2D eigenvalue weighted by molar-refractivity contribution is 0.361. The monoisotopic (exact) mass is 173 g/mol. The summed E-state index contributed by atoms with van der Waals surface area (Å²) in [5, 5.41) is 3.77. The smallest absolute Gasteiger partial charge is 0.348 e. The normalized spacial score (nSPS) is 8.75. The standard InChI is InChI=1S/C5H9N3O2.C2H6/c1-7-4(10-3)6-8(2)5(7)9;1-2/h1-3H3;1-2H3. The van der Waals surface area contributed by atoms with Gasteiger partial charge in [0.25, 0.3) is 0 Å². The van der Waals surface area contributed by atoms with E-state index in [4.69, 9.17) is 4.74 Å². The van der Waals surface area contributed by atoms with Crippen LogP contribution < -0.4 is 10.4 Å². The van der Waals surface area contributed by atoms with Crippen LogP contribution in [-0.4, -0.2) is 21.5 Å². The molecule has 0 amide bonds. The molecule has 0 bridgehead atoms. The second kappa shape index (κ2) is 4.58. The molecule has 1 aromatic heterocycles. The Labute approximate surface area is 71.6 Å². The second-order valence-corrected chi connectivity index (χ2v) is 1.95. The molecule has 0 saturated carbocycles. The third-order valence-corrected chi connectivity index (χ3v) is 1.27. The summed E-state index contributed by atoms with van der Waals surface area (Å²) < 4.78 is 7.33. The minimum atomic E-state index is -0.183. The Hall–Kier alpha value is -1.26. The Bertz CT molecular complexity index is 287. The lowest BCUT2D eigenvalue weighted by Crippen LogP contribution is -2.20. The summed E-state index contributed by atoms with van der Waals surface area (Å²) in [6, 6.07) is 0.326. The van der Waals surface area contributed by atoms with E-state index in [2.05, 4.69) is 5.10 Å². The van der Waals surface area contributed by atoms with Crippen LogP contribution in [0.5, 0.6) is 6.01 Å². The lowest BCUT2D eigenvalue weighted by Gasteiger charge is -1.92. The van der Waals surface area contributed by atoms with Crippen molar-refractivity contribution in [3.8, 4) is 6.01 Å². The minimum Gasteiger partial charge on any atom is -0.467 e. The maximum Gasteiger partial charge on any atom is 0.348 e. The Balaban J connectivity index is 0.000000561. The highest BCUT2D eigenvalue weighted by atomic mass is 16.5. The third-order valence-electron chi connectivity index (χ3n) is 1.27. The van der Waals surface area contributed by atoms with Gasteiger partial charge >= 0.3 is 11.7 Å². The van der Waals surface area contributed by atoms with Gasteiger partial charge in [0, 0.05) is 14.1 Å². The molecular formula is C7H15N3O2. The maximum atomic E-state index is 10.9. The summed E-state index contributed by atoms with van der Waals surface area (Å²) >= 11 is 0. The van der Waals surface area contributed by atoms with E-state index < -0.39 is 0 Å². The molecule has 5 heteroatoms. The van der Waals surface area contributed by atoms with E-state index in [1.807, 2.05) is 13.8 Å². The predicted molar refractivity (Wildman–Crippen MR) is 46.3 cm³/mol. The molecule has 0 spiro atoms. The molecule has 0 unspecified atom stereocenters. The first kappa shape index (κ1) is 10.7. The number of rotatable bonds is 1. The van der Waals surface area contributed by atoms with Crippen LogP contribution in [0.3, 0.4) is 0 Å². The topological polar surface area (TPSA) is 49.1 Å². The van der Waals surface area contributed by atoms with E-state index in [0.29, 0.717) is 6.01 Å². The van der Waals surface area contributed by atoms with Gasteiger partial charge in [0.15, 0.2) is 0 Å². The van der Waals surface area contributed by atoms with Crippen molar-refractivity contribution < 1.29 is 4.74 Å². The molecular weight excluding hydrogens is 158 g/mol. The largest absolute Gasteiger partial charge is 0.467 e. The molecule has 5 nitrogen and oxygen atoms in total. The summed E-state index contributed by atoms with van der Waals surface area (Å²) in [6.45, 7) is 4.00. The summed E-state index contributed by atoms with van der Waals surface area (Å²) in [7, 11) is 4.65. The molecule has 0 saturated heterocycles. The Kier molecular flexibility index (Phi) is 4.10. The van der Waals surface area contributed by atoms with E-state index in [1.165, 1.54) is 16.4 Å². The van der Waals surface area contributed by atoms with Crippen molar-refractivity contribution >= 4 is 0 Å². The second-order valence-electron chi connectivity index (χ2n) is 1.95. The average Bonchev–Trinajstić information content (AvgIpc) is 2.36. The van der Waals surface area contributed by atoms with E-state index in [9.17, 15) is 4.79 Å². The van der Waals surface area contributed by atoms with Crippen molar-refractivity contribution in [3.63, 3.8) is 0 Å². The molecule has 1 heterocycles. The maximum absolute atomic E-state index is 10.9. The summed E-state index contributed by atoms with van der Waals surface area (Å²) in [5.74, 6) is 0. The number of aryl methyl sites for hydroxylation is 1. The van der Waals surface area contributed by atoms with Gasteiger partial charge in [0.05, 0.1) is 7.11 Å². The van der Waals surface area contributed by atoms with Crippen molar-refractivity contribution in [2.24, 2.45) is 14.1 Å². The zero-order valence-corrected chi connectivity index (χ0v) is 8.16. The van der Waals surface area contributed by atoms with Crippen LogP contribution in [0.15, 0.2) is 4.79 Å². The quantitative estimate of drug-likeness (QED) is 0.607. The molecule has 0 fully saturated rings. The third kappa shape index (κ3) is 1.87. The lowest BCUT2D eigenvalue weighted by atomic mass is 11.0. The van der Waals surface area contributed by atoms with Crippen LogP contribution in [0.1, 0.15) is 13.8 Å². The highest BCUT2D eigenvalue weighted by molar-refractivity contribution is 4.90. The average molecular weight is 173 g/mol. The van der Waals surface area contributed by atoms with Gasteiger partial charge in [-0.15, -0.1) is 5.10 Å². The molecule has 0 aliphatic heterocycles. The van der Waals surface area contributed by atoms with E-state index in [-0.39, 0.29) is 5.69 Å². The first-order valence-corrected chi connectivity index (χ1v) is 3.81. The summed E-state index contributed by atoms with van der Waals surface area (Å²) in [6.07, 6.45) is 0. The molecule has 70 valence electrons. The van der Waals surface area contributed by atoms with Gasteiger partial charge in [-0.05, 0) is 0 Å². The molecule has 12 heavy (non-hydrogen) atoms. The van der Waals surface area contributed by atoms with Crippen LogP contribution in [-0.2, 0) is 14.1 Å². The van der Waals surface area contributed by atoms with Crippen LogP contribution in [0.2, 0.25) is 0 Å². The molecule has 0 radical (unpaired) electrons. The van der Waals surface area contributed by atoms with Gasteiger partial charge < -0.3 is 4.74 Å². The molecule has 0 aliphatic carbocycles. The number of ether oxygens (including phenoxy) is 1. The number of hydrogen-bond donors (Lipinski definition) is 0. The van der Waals surface area contributed by atoms with Gasteiger partial charge in [0.2, 0.25) is 0 Å². The Morgan fingerprint density at radius 3 is 2.00 bits per heavy atom. The molecule has 0 aliphatic rings. The first-order chi connectivity index (χ1) is 5.66. The number of hydrogen-bond acceptors (Lipinski definition) is 3. The zero-order chi connectivity index (χ0) is 9.72.